The molecule has 5 rings (SSSR count). The number of nitrogens with one attached hydrogen (secondary N) is 1. The van der Waals surface area contributed by atoms with Crippen molar-refractivity contribution in [1.82, 2.24) is 24.5 Å². The summed E-state index contributed by atoms with van der Waals surface area (Å²) in [6.45, 7) is 6.43. The molecule has 1 aliphatic heterocycles. The molecule has 1 unspecified atom stereocenters. The third-order valence-corrected chi connectivity index (χ3v) is 7.02. The number of aromatic nitrogens is 5. The van der Waals surface area contributed by atoms with Crippen LogP contribution in [0.4, 0.5) is 5.69 Å². The van der Waals surface area contributed by atoms with Crippen molar-refractivity contribution in [3.05, 3.63) is 65.5 Å². The van der Waals surface area contributed by atoms with E-state index < -0.39 is 5.25 Å². The maximum Gasteiger partial charge on any atom is 0.237 e. The molecule has 2 aromatic carbocycles. The van der Waals surface area contributed by atoms with Crippen LogP contribution < -0.4 is 14.8 Å². The van der Waals surface area contributed by atoms with Crippen molar-refractivity contribution in [2.45, 2.75) is 37.7 Å². The zero-order valence-electron chi connectivity index (χ0n) is 20.0. The van der Waals surface area contributed by atoms with Crippen molar-refractivity contribution in [1.29, 1.82) is 0 Å². The molecule has 0 bridgehead atoms. The van der Waals surface area contributed by atoms with E-state index in [2.05, 4.69) is 20.6 Å². The second-order valence-corrected chi connectivity index (χ2v) is 9.67. The number of nitrogens with zero attached hydrogens (tertiary/aromatic N) is 5. The number of hydrogen-bond donors (Lipinski definition) is 1. The lowest BCUT2D eigenvalue weighted by Gasteiger charge is -2.14. The van der Waals surface area contributed by atoms with Gasteiger partial charge in [-0.15, -0.1) is 10.2 Å². The fourth-order valence-electron chi connectivity index (χ4n) is 3.93. The summed E-state index contributed by atoms with van der Waals surface area (Å²) in [5.41, 5.74) is 4.41. The lowest BCUT2D eigenvalue weighted by Crippen LogP contribution is -2.23. The monoisotopic (exact) mass is 490 g/mol. The molecule has 0 spiro atoms. The Kier molecular flexibility index (Phi) is 6.21. The molecular weight excluding hydrogens is 464 g/mol. The first kappa shape index (κ1) is 23.0. The fraction of sp³-hybridized carbons (Fsp3) is 0.280. The Hall–Kier alpha value is -3.79. The summed E-state index contributed by atoms with van der Waals surface area (Å²) in [5, 5.41) is 16.6. The van der Waals surface area contributed by atoms with Crippen LogP contribution in [0.15, 0.2) is 53.7 Å². The topological polar surface area (TPSA) is 96.1 Å². The second kappa shape index (κ2) is 9.46. The smallest absolute Gasteiger partial charge is 0.237 e. The fourth-order valence-corrected chi connectivity index (χ4v) is 4.78. The molecule has 0 fully saturated rings. The summed E-state index contributed by atoms with van der Waals surface area (Å²) in [4.78, 5) is 13.0. The summed E-state index contributed by atoms with van der Waals surface area (Å²) in [6, 6.07) is 15.8. The minimum Gasteiger partial charge on any atom is -0.454 e. The van der Waals surface area contributed by atoms with Gasteiger partial charge in [0.1, 0.15) is 0 Å². The second-order valence-electron chi connectivity index (χ2n) is 8.36. The van der Waals surface area contributed by atoms with Crippen LogP contribution in [0.2, 0.25) is 0 Å². The van der Waals surface area contributed by atoms with Crippen molar-refractivity contribution >= 4 is 23.4 Å². The molecule has 0 aliphatic carbocycles. The molecular formula is C25H26N6O3S. The number of rotatable bonds is 7. The Morgan fingerprint density at radius 3 is 2.63 bits per heavy atom. The van der Waals surface area contributed by atoms with Gasteiger partial charge in [0.15, 0.2) is 22.5 Å². The molecule has 1 amide bonds. The molecule has 9 nitrogen and oxygen atoms in total. The van der Waals surface area contributed by atoms with Gasteiger partial charge < -0.3 is 14.8 Å². The average Bonchev–Trinajstić information content (AvgIpc) is 3.54. The SMILES string of the molecule is Cc1nn(C)c(C)c1NC(=O)C(C)Sc1nnc(-c2ccccc2)n1Cc1ccc2c(c1)OCO2. The van der Waals surface area contributed by atoms with E-state index in [9.17, 15) is 4.79 Å². The van der Waals surface area contributed by atoms with Crippen LogP contribution in [-0.2, 0) is 18.4 Å². The van der Waals surface area contributed by atoms with Crippen molar-refractivity contribution in [2.75, 3.05) is 12.1 Å². The van der Waals surface area contributed by atoms with E-state index in [1.807, 2.05) is 80.9 Å². The first-order valence-corrected chi connectivity index (χ1v) is 12.1. The molecule has 0 radical (unpaired) electrons. The maximum absolute atomic E-state index is 13.0. The number of anilines is 1. The number of hydrogen-bond acceptors (Lipinski definition) is 7. The Bertz CT molecular complexity index is 1380. The van der Waals surface area contributed by atoms with Crippen LogP contribution in [0.3, 0.4) is 0 Å². The van der Waals surface area contributed by atoms with Crippen molar-refractivity contribution in [3.8, 4) is 22.9 Å². The number of carbonyl (C=O) groups is 1. The third-order valence-electron chi connectivity index (χ3n) is 5.94. The summed E-state index contributed by atoms with van der Waals surface area (Å²) in [6.07, 6.45) is 0. The number of benzene rings is 2. The van der Waals surface area contributed by atoms with Crippen LogP contribution >= 0.6 is 11.8 Å². The maximum atomic E-state index is 13.0. The highest BCUT2D eigenvalue weighted by atomic mass is 32.2. The van der Waals surface area contributed by atoms with E-state index >= 15 is 0 Å². The lowest BCUT2D eigenvalue weighted by molar-refractivity contribution is -0.115. The van der Waals surface area contributed by atoms with E-state index in [0.29, 0.717) is 11.7 Å². The van der Waals surface area contributed by atoms with Gasteiger partial charge in [-0.05, 0) is 38.5 Å². The van der Waals surface area contributed by atoms with Gasteiger partial charge in [0, 0.05) is 12.6 Å². The van der Waals surface area contributed by atoms with Gasteiger partial charge >= 0.3 is 0 Å². The highest BCUT2D eigenvalue weighted by Crippen LogP contribution is 2.34. The van der Waals surface area contributed by atoms with Gasteiger partial charge in [0.2, 0.25) is 12.7 Å². The van der Waals surface area contributed by atoms with E-state index in [-0.39, 0.29) is 12.7 Å². The molecule has 0 saturated heterocycles. The predicted octanol–water partition coefficient (Wildman–Crippen LogP) is 4.19. The van der Waals surface area contributed by atoms with Crippen LogP contribution in [0.25, 0.3) is 11.4 Å². The molecule has 2 aromatic heterocycles. The van der Waals surface area contributed by atoms with Crippen LogP contribution in [-0.4, -0.2) is 42.5 Å². The summed E-state index contributed by atoms with van der Waals surface area (Å²) < 4.78 is 14.8. The normalized spacial score (nSPS) is 13.1. The predicted molar refractivity (Wildman–Crippen MR) is 134 cm³/mol. The average molecular weight is 491 g/mol. The van der Waals surface area contributed by atoms with Gasteiger partial charge in [-0.1, -0.05) is 48.2 Å². The number of fused-ring (bicyclic) bond motifs is 1. The van der Waals surface area contributed by atoms with Crippen molar-refractivity contribution in [2.24, 2.45) is 7.05 Å². The van der Waals surface area contributed by atoms with Gasteiger partial charge in [-0.2, -0.15) is 5.10 Å². The first-order valence-electron chi connectivity index (χ1n) is 11.3. The molecule has 1 atom stereocenters. The van der Waals surface area contributed by atoms with E-state index in [1.165, 1.54) is 11.8 Å². The van der Waals surface area contributed by atoms with E-state index in [4.69, 9.17) is 9.47 Å². The van der Waals surface area contributed by atoms with E-state index in [0.717, 1.165) is 45.5 Å². The standard InChI is InChI=1S/C25H26N6O3S/c1-15-22(16(2)30(4)29-15)26-24(32)17(3)35-25-28-27-23(19-8-6-5-7-9-19)31(25)13-18-10-11-20-21(12-18)34-14-33-20/h5-12,17H,13-14H2,1-4H3,(H,26,32). The molecule has 35 heavy (non-hydrogen) atoms. The zero-order valence-corrected chi connectivity index (χ0v) is 20.8. The molecule has 4 aromatic rings. The molecule has 1 aliphatic rings. The Balaban J connectivity index is 1.42. The molecule has 0 saturated carbocycles. The van der Waals surface area contributed by atoms with E-state index in [1.54, 1.807) is 4.68 Å². The number of aryl methyl sites for hydroxylation is 2. The van der Waals surface area contributed by atoms with Crippen molar-refractivity contribution in [3.63, 3.8) is 0 Å². The van der Waals surface area contributed by atoms with Crippen LogP contribution in [0, 0.1) is 13.8 Å². The molecule has 3 heterocycles. The number of carbonyl (C=O) groups excluding carboxylic acids is 1. The first-order chi connectivity index (χ1) is 16.9. The zero-order chi connectivity index (χ0) is 24.5. The van der Waals surface area contributed by atoms with Gasteiger partial charge in [0.05, 0.1) is 28.9 Å². The Morgan fingerprint density at radius 2 is 1.89 bits per heavy atom. The summed E-state index contributed by atoms with van der Waals surface area (Å²) >= 11 is 1.37. The Morgan fingerprint density at radius 1 is 1.11 bits per heavy atom. The molecule has 10 heteroatoms. The largest absolute Gasteiger partial charge is 0.454 e. The highest BCUT2D eigenvalue weighted by molar-refractivity contribution is 8.00. The molecule has 1 N–H and O–H groups in total. The van der Waals surface area contributed by atoms with Crippen LogP contribution in [0.5, 0.6) is 11.5 Å². The number of ether oxygens (including phenoxy) is 2. The Labute approximate surface area is 207 Å². The lowest BCUT2D eigenvalue weighted by atomic mass is 10.2. The number of amides is 1. The van der Waals surface area contributed by atoms with Gasteiger partial charge in [-0.3, -0.25) is 14.0 Å². The summed E-state index contributed by atoms with van der Waals surface area (Å²) in [5.74, 6) is 2.08. The minimum absolute atomic E-state index is 0.118. The van der Waals surface area contributed by atoms with Gasteiger partial charge in [-0.25, -0.2) is 0 Å². The molecule has 180 valence electrons. The minimum atomic E-state index is -0.405. The quantitative estimate of drug-likeness (QED) is 0.388. The van der Waals surface area contributed by atoms with Crippen molar-refractivity contribution < 1.29 is 14.3 Å². The third kappa shape index (κ3) is 4.61. The number of thioether (sulfide) groups is 1. The summed E-state index contributed by atoms with van der Waals surface area (Å²) in [7, 11) is 1.86. The van der Waals surface area contributed by atoms with Crippen LogP contribution in [0.1, 0.15) is 23.9 Å². The van der Waals surface area contributed by atoms with Gasteiger partial charge in [0.25, 0.3) is 0 Å². The highest BCUT2D eigenvalue weighted by Gasteiger charge is 2.23.